The molecule has 0 aromatic carbocycles. The number of rotatable bonds is 7. The Kier molecular flexibility index (Phi) is 5.69. The number of nitrogens with one attached hydrogen (secondary N) is 1. The summed E-state index contributed by atoms with van der Waals surface area (Å²) in [7, 11) is -7.65. The summed E-state index contributed by atoms with van der Waals surface area (Å²) in [5.74, 6) is 0. The van der Waals surface area contributed by atoms with Crippen molar-refractivity contribution in [3.05, 3.63) is 11.5 Å². The van der Waals surface area contributed by atoms with Crippen molar-refractivity contribution >= 4 is 17.8 Å². The van der Waals surface area contributed by atoms with Gasteiger partial charge in [-0.2, -0.15) is 0 Å². The molecule has 0 aliphatic carbocycles. The van der Waals surface area contributed by atoms with Crippen LogP contribution in [0.2, 0.25) is 0 Å². The molecule has 6 nitrogen and oxygen atoms in total. The van der Waals surface area contributed by atoms with Crippen LogP contribution >= 0.6 is 7.75 Å². The van der Waals surface area contributed by atoms with E-state index in [0.29, 0.717) is 0 Å². The molecular formula is C7H16NO5PS. The normalized spacial score (nSPS) is 12.7. The molecule has 0 saturated carbocycles. The molecule has 0 saturated heterocycles. The van der Waals surface area contributed by atoms with Gasteiger partial charge in [-0.25, -0.2) is 13.0 Å². The third-order valence-electron chi connectivity index (χ3n) is 1.29. The molecule has 8 heteroatoms. The van der Waals surface area contributed by atoms with Crippen LogP contribution < -0.4 is 4.49 Å². The van der Waals surface area contributed by atoms with E-state index in [4.69, 9.17) is 9.05 Å². The van der Waals surface area contributed by atoms with Crippen molar-refractivity contribution in [1.82, 2.24) is 4.49 Å². The molecule has 0 bridgehead atoms. The molecular weight excluding hydrogens is 241 g/mol. The highest BCUT2D eigenvalue weighted by Crippen LogP contribution is 2.44. The molecule has 0 heterocycles. The Morgan fingerprint density at radius 2 is 1.73 bits per heavy atom. The van der Waals surface area contributed by atoms with Crippen LogP contribution in [0.1, 0.15) is 20.8 Å². The average Bonchev–Trinajstić information content (AvgIpc) is 2.02. The average molecular weight is 257 g/mol. The monoisotopic (exact) mass is 257 g/mol. The zero-order valence-corrected chi connectivity index (χ0v) is 10.7. The van der Waals surface area contributed by atoms with Crippen LogP contribution in [0.15, 0.2) is 11.5 Å². The zero-order valence-electron chi connectivity index (χ0n) is 9.02. The van der Waals surface area contributed by atoms with Gasteiger partial charge in [-0.15, -0.1) is 4.49 Å². The number of allylic oxidation sites excluding steroid dienone is 1. The van der Waals surface area contributed by atoms with E-state index in [-0.39, 0.29) is 18.1 Å². The third kappa shape index (κ3) is 4.90. The molecule has 15 heavy (non-hydrogen) atoms. The summed E-state index contributed by atoms with van der Waals surface area (Å²) in [5, 5.41) is 0. The first kappa shape index (κ1) is 14.8. The third-order valence-corrected chi connectivity index (χ3v) is 5.26. The molecule has 1 N–H and O–H groups in total. The van der Waals surface area contributed by atoms with Crippen molar-refractivity contribution < 1.29 is 22.0 Å². The lowest BCUT2D eigenvalue weighted by Gasteiger charge is -2.17. The number of hydrogen-bond acceptors (Lipinski definition) is 5. The van der Waals surface area contributed by atoms with E-state index in [9.17, 15) is 13.0 Å². The molecule has 0 unspecified atom stereocenters. The summed E-state index contributed by atoms with van der Waals surface area (Å²) < 4.78 is 45.8. The highest BCUT2D eigenvalue weighted by atomic mass is 32.2. The van der Waals surface area contributed by atoms with E-state index in [1.165, 1.54) is 6.92 Å². The molecule has 0 aliphatic heterocycles. The fourth-order valence-electron chi connectivity index (χ4n) is 0.655. The van der Waals surface area contributed by atoms with Gasteiger partial charge in [0.2, 0.25) is 10.0 Å². The van der Waals surface area contributed by atoms with Crippen molar-refractivity contribution in [1.29, 1.82) is 0 Å². The minimum absolute atomic E-state index is 0.0794. The lowest BCUT2D eigenvalue weighted by Crippen LogP contribution is -2.23. The first-order valence-corrected chi connectivity index (χ1v) is 7.38. The van der Waals surface area contributed by atoms with Gasteiger partial charge in [-0.05, 0) is 20.8 Å². The standard InChI is InChI=1S/C7H16NO5PS/c1-5-12-14(9,13-6-2)8-15(10,11)7(3)4/h3,5-6H2,1-2,4H3,(H,8,9). The Morgan fingerprint density at radius 1 is 1.33 bits per heavy atom. The maximum absolute atomic E-state index is 11.8. The van der Waals surface area contributed by atoms with Gasteiger partial charge in [0.05, 0.1) is 13.2 Å². The van der Waals surface area contributed by atoms with Gasteiger partial charge in [0.15, 0.2) is 0 Å². The summed E-state index contributed by atoms with van der Waals surface area (Å²) in [6.45, 7) is 7.86. The van der Waals surface area contributed by atoms with Crippen molar-refractivity contribution in [3.8, 4) is 0 Å². The van der Waals surface area contributed by atoms with Gasteiger partial charge < -0.3 is 0 Å². The predicted molar refractivity (Wildman–Crippen MR) is 57.7 cm³/mol. The number of hydrogen-bond donors (Lipinski definition) is 1. The van der Waals surface area contributed by atoms with E-state index in [1.54, 1.807) is 13.8 Å². The maximum Gasteiger partial charge on any atom is 0.419 e. The number of sulfonamides is 1. The summed E-state index contributed by atoms with van der Waals surface area (Å²) in [4.78, 5) is -0.151. The molecule has 0 aliphatic rings. The first-order chi connectivity index (χ1) is 6.77. The molecule has 0 spiro atoms. The lowest BCUT2D eigenvalue weighted by atomic mass is 10.8. The van der Waals surface area contributed by atoms with Crippen molar-refractivity contribution in [2.45, 2.75) is 20.8 Å². The van der Waals surface area contributed by atoms with Gasteiger partial charge in [-0.3, -0.25) is 9.05 Å². The fourth-order valence-corrected chi connectivity index (χ4v) is 3.63. The Labute approximate surface area is 90.3 Å². The smallest absolute Gasteiger partial charge is 0.296 e. The van der Waals surface area contributed by atoms with E-state index in [2.05, 4.69) is 6.58 Å². The minimum Gasteiger partial charge on any atom is -0.296 e. The van der Waals surface area contributed by atoms with Gasteiger partial charge >= 0.3 is 7.75 Å². The summed E-state index contributed by atoms with van der Waals surface area (Å²) in [6.07, 6.45) is 0. The predicted octanol–water partition coefficient (Wildman–Crippen LogP) is 1.62. The highest BCUT2D eigenvalue weighted by molar-refractivity contribution is 7.98. The molecule has 0 amide bonds. The summed E-state index contributed by atoms with van der Waals surface area (Å²) in [5.41, 5.74) is 0. The largest absolute Gasteiger partial charge is 0.419 e. The van der Waals surface area contributed by atoms with Gasteiger partial charge in [-0.1, -0.05) is 6.58 Å². The fraction of sp³-hybridized carbons (Fsp3) is 0.714. The lowest BCUT2D eigenvalue weighted by molar-refractivity contribution is 0.217. The Balaban J connectivity index is 4.85. The topological polar surface area (TPSA) is 81.7 Å². The summed E-state index contributed by atoms with van der Waals surface area (Å²) >= 11 is 0. The van der Waals surface area contributed by atoms with Crippen molar-refractivity contribution in [2.75, 3.05) is 13.2 Å². The molecule has 0 rings (SSSR count). The van der Waals surface area contributed by atoms with Crippen LogP contribution in [0.5, 0.6) is 0 Å². The quantitative estimate of drug-likeness (QED) is 0.701. The van der Waals surface area contributed by atoms with Crippen molar-refractivity contribution in [2.24, 2.45) is 0 Å². The van der Waals surface area contributed by atoms with Gasteiger partial charge in [0.25, 0.3) is 0 Å². The zero-order chi connectivity index (χ0) is 12.1. The van der Waals surface area contributed by atoms with Crippen LogP contribution in [-0.4, -0.2) is 21.6 Å². The van der Waals surface area contributed by atoms with Crippen LogP contribution in [0.3, 0.4) is 0 Å². The Bertz CT molecular complexity index is 354. The molecule has 0 aromatic rings. The van der Waals surface area contributed by atoms with Crippen LogP contribution in [0, 0.1) is 0 Å². The van der Waals surface area contributed by atoms with Crippen LogP contribution in [0.25, 0.3) is 0 Å². The van der Waals surface area contributed by atoms with Gasteiger partial charge in [0, 0.05) is 4.91 Å². The Hall–Kier alpha value is -0.200. The second-order valence-corrected chi connectivity index (χ2v) is 6.58. The van der Waals surface area contributed by atoms with Gasteiger partial charge in [0.1, 0.15) is 0 Å². The highest BCUT2D eigenvalue weighted by Gasteiger charge is 2.30. The first-order valence-electron chi connectivity index (χ1n) is 4.36. The van der Waals surface area contributed by atoms with E-state index >= 15 is 0 Å². The minimum atomic E-state index is -3.86. The van der Waals surface area contributed by atoms with E-state index in [0.717, 1.165) is 0 Å². The van der Waals surface area contributed by atoms with E-state index < -0.39 is 17.8 Å². The summed E-state index contributed by atoms with van der Waals surface area (Å²) in [6, 6.07) is 0. The second-order valence-electron chi connectivity index (χ2n) is 2.63. The molecule has 0 atom stereocenters. The SMILES string of the molecule is C=C(C)S(=O)(=O)NP(=O)(OCC)OCC. The molecule has 0 fully saturated rings. The van der Waals surface area contributed by atoms with E-state index in [1.807, 2.05) is 4.49 Å². The molecule has 0 aromatic heterocycles. The second kappa shape index (κ2) is 5.77. The van der Waals surface area contributed by atoms with Crippen molar-refractivity contribution in [3.63, 3.8) is 0 Å². The van der Waals surface area contributed by atoms with Crippen LogP contribution in [0.4, 0.5) is 0 Å². The molecule has 90 valence electrons. The molecule has 0 radical (unpaired) electrons. The maximum atomic E-state index is 11.8. The van der Waals surface area contributed by atoms with Crippen LogP contribution in [-0.2, 0) is 23.6 Å². The Morgan fingerprint density at radius 3 is 2.00 bits per heavy atom.